The highest BCUT2D eigenvalue weighted by atomic mass is 16.5. The predicted octanol–water partition coefficient (Wildman–Crippen LogP) is 10.8. The lowest BCUT2D eigenvalue weighted by Crippen LogP contribution is -2.57. The first-order valence-electron chi connectivity index (χ1n) is 18.1. The summed E-state index contributed by atoms with van der Waals surface area (Å²) in [5.41, 5.74) is 13.2. The van der Waals surface area contributed by atoms with E-state index in [1.807, 2.05) is 12.1 Å². The van der Waals surface area contributed by atoms with Crippen molar-refractivity contribution in [3.63, 3.8) is 0 Å². The summed E-state index contributed by atoms with van der Waals surface area (Å²) in [6, 6.07) is 56.1. The van der Waals surface area contributed by atoms with Crippen molar-refractivity contribution in [3.8, 4) is 45.3 Å². The molecule has 3 aromatic heterocycles. The molecular weight excluding hydrogens is 649 g/mol. The molecule has 0 radical (unpaired) electrons. The zero-order valence-electron chi connectivity index (χ0n) is 28.3. The van der Waals surface area contributed by atoms with Crippen LogP contribution in [0.1, 0.15) is 0 Å². The summed E-state index contributed by atoms with van der Waals surface area (Å²) in [4.78, 5) is 0. The van der Waals surface area contributed by atoms with E-state index in [1.54, 1.807) is 0 Å². The molecule has 4 nitrogen and oxygen atoms in total. The van der Waals surface area contributed by atoms with Gasteiger partial charge in [0.2, 0.25) is 0 Å². The number of benzene rings is 8. The number of rotatable bonds is 2. The number of furan rings is 1. The van der Waals surface area contributed by atoms with Crippen molar-refractivity contribution in [2.45, 2.75) is 0 Å². The maximum atomic E-state index is 6.82. The van der Waals surface area contributed by atoms with Crippen molar-refractivity contribution in [1.29, 1.82) is 0 Å². The van der Waals surface area contributed by atoms with E-state index in [-0.39, 0.29) is 6.71 Å². The van der Waals surface area contributed by atoms with Crippen LogP contribution in [0.2, 0.25) is 0 Å². The fourth-order valence-corrected chi connectivity index (χ4v) is 9.37. The maximum Gasteiger partial charge on any atom is 0.260 e. The normalized spacial score (nSPS) is 13.2. The molecule has 0 atom stereocenters. The van der Waals surface area contributed by atoms with Crippen molar-refractivity contribution < 1.29 is 13.9 Å². The predicted molar refractivity (Wildman–Crippen MR) is 217 cm³/mol. The molecule has 0 N–H and O–H groups in total. The number of para-hydroxylation sites is 5. The van der Waals surface area contributed by atoms with Crippen LogP contribution >= 0.6 is 0 Å². The monoisotopic (exact) mass is 675 g/mol. The van der Waals surface area contributed by atoms with Gasteiger partial charge in [-0.05, 0) is 76.1 Å². The van der Waals surface area contributed by atoms with Crippen LogP contribution in [-0.2, 0) is 0 Å². The Balaban J connectivity index is 0.977. The Morgan fingerprint density at radius 2 is 1.06 bits per heavy atom. The van der Waals surface area contributed by atoms with Crippen molar-refractivity contribution in [2.24, 2.45) is 0 Å². The first-order chi connectivity index (χ1) is 26.3. The Bertz CT molecular complexity index is 3300. The van der Waals surface area contributed by atoms with Gasteiger partial charge in [-0.3, -0.25) is 0 Å². The van der Waals surface area contributed by atoms with E-state index in [9.17, 15) is 0 Å². The van der Waals surface area contributed by atoms with Gasteiger partial charge in [0.05, 0.1) is 16.6 Å². The Kier molecular flexibility index (Phi) is 5.16. The second-order valence-electron chi connectivity index (χ2n) is 14.4. The van der Waals surface area contributed by atoms with Crippen LogP contribution in [0, 0.1) is 0 Å². The number of fused-ring (bicyclic) bond motifs is 13. The maximum absolute atomic E-state index is 6.82. The van der Waals surface area contributed by atoms with Crippen molar-refractivity contribution >= 4 is 83.1 Å². The molecule has 0 aliphatic carbocycles. The highest BCUT2D eigenvalue weighted by molar-refractivity contribution is 6.98. The fourth-order valence-electron chi connectivity index (χ4n) is 9.37. The molecule has 0 unspecified atom stereocenters. The Morgan fingerprint density at radius 1 is 0.415 bits per heavy atom. The van der Waals surface area contributed by atoms with Crippen LogP contribution in [0.5, 0.6) is 23.0 Å². The van der Waals surface area contributed by atoms with Crippen LogP contribution in [0.3, 0.4) is 0 Å². The van der Waals surface area contributed by atoms with E-state index in [1.165, 1.54) is 38.1 Å². The minimum absolute atomic E-state index is 0.0538. The van der Waals surface area contributed by atoms with Crippen molar-refractivity contribution in [1.82, 2.24) is 4.40 Å². The minimum Gasteiger partial charge on any atom is -0.458 e. The zero-order valence-corrected chi connectivity index (χ0v) is 28.3. The third-order valence-electron chi connectivity index (χ3n) is 11.6. The third kappa shape index (κ3) is 3.61. The van der Waals surface area contributed by atoms with Gasteiger partial charge in [0.25, 0.3) is 6.71 Å². The number of nitrogens with zero attached hydrogens (tertiary/aromatic N) is 1. The fraction of sp³-hybridized carbons (Fsp3) is 0. The Labute approximate surface area is 303 Å². The van der Waals surface area contributed by atoms with Crippen LogP contribution in [0.15, 0.2) is 162 Å². The number of ether oxygens (including phenoxy) is 2. The highest BCUT2D eigenvalue weighted by Gasteiger charge is 2.40. The van der Waals surface area contributed by atoms with Gasteiger partial charge in [-0.15, -0.1) is 0 Å². The Hall–Kier alpha value is -6.98. The van der Waals surface area contributed by atoms with Crippen molar-refractivity contribution in [2.75, 3.05) is 0 Å². The van der Waals surface area contributed by atoms with Gasteiger partial charge in [0.1, 0.15) is 34.2 Å². The number of hydrogen-bond donors (Lipinski definition) is 0. The summed E-state index contributed by atoms with van der Waals surface area (Å²) in [6.45, 7) is 0.0538. The lowest BCUT2D eigenvalue weighted by molar-refractivity contribution is 0.465. The van der Waals surface area contributed by atoms with Crippen LogP contribution in [0.4, 0.5) is 0 Å². The summed E-state index contributed by atoms with van der Waals surface area (Å²) < 4.78 is 22.5. The van der Waals surface area contributed by atoms with Crippen LogP contribution in [-0.4, -0.2) is 11.1 Å². The molecule has 0 bridgehead atoms. The van der Waals surface area contributed by atoms with E-state index in [0.29, 0.717) is 0 Å². The second kappa shape index (κ2) is 9.87. The van der Waals surface area contributed by atoms with Crippen LogP contribution in [0.25, 0.3) is 82.3 Å². The summed E-state index contributed by atoms with van der Waals surface area (Å²) in [5, 5.41) is 7.25. The molecular formula is C48H26BNO3. The zero-order chi connectivity index (χ0) is 34.4. The molecule has 5 heteroatoms. The first-order valence-corrected chi connectivity index (χ1v) is 18.1. The molecule has 0 saturated heterocycles. The standard InChI is InChI=1S/C48H26BNO3/c1-4-19-39-31(12-1)32-14-9-15-33-35-26-43-36(25-40(35)50(39)47(32)33)34-16-8-13-30(48(34)53-43)28-11-7-10-27(22-28)29-23-44-46-45(24-29)52-42-21-6-3-18-38(42)49(46)37-17-2-5-20-41(37)51-44/h1-26H. The summed E-state index contributed by atoms with van der Waals surface area (Å²) in [5.74, 6) is 3.45. The average Bonchev–Trinajstić information content (AvgIpc) is 3.86. The number of hydrogen-bond acceptors (Lipinski definition) is 3. The molecule has 13 rings (SSSR count). The second-order valence-corrected chi connectivity index (χ2v) is 14.4. The topological polar surface area (TPSA) is 36.0 Å². The molecule has 5 heterocycles. The molecule has 244 valence electrons. The summed E-state index contributed by atoms with van der Waals surface area (Å²) >= 11 is 0. The lowest BCUT2D eigenvalue weighted by Gasteiger charge is -2.33. The third-order valence-corrected chi connectivity index (χ3v) is 11.6. The summed E-state index contributed by atoms with van der Waals surface area (Å²) in [6.07, 6.45) is 0. The van der Waals surface area contributed by atoms with Gasteiger partial charge in [-0.2, -0.15) is 0 Å². The molecule has 0 saturated carbocycles. The molecule has 2 aliphatic heterocycles. The van der Waals surface area contributed by atoms with E-state index < -0.39 is 0 Å². The van der Waals surface area contributed by atoms with Gasteiger partial charge in [0.15, 0.2) is 0 Å². The van der Waals surface area contributed by atoms with Gasteiger partial charge in [-0.1, -0.05) is 109 Å². The molecule has 0 spiro atoms. The number of aromatic nitrogens is 1. The van der Waals surface area contributed by atoms with E-state index in [4.69, 9.17) is 13.9 Å². The van der Waals surface area contributed by atoms with Gasteiger partial charge < -0.3 is 18.3 Å². The molecule has 53 heavy (non-hydrogen) atoms. The summed E-state index contributed by atoms with van der Waals surface area (Å²) in [7, 11) is 0. The lowest BCUT2D eigenvalue weighted by atomic mass is 9.35. The first kappa shape index (κ1) is 27.7. The van der Waals surface area contributed by atoms with Gasteiger partial charge >= 0.3 is 0 Å². The average molecular weight is 676 g/mol. The van der Waals surface area contributed by atoms with E-state index >= 15 is 0 Å². The van der Waals surface area contributed by atoms with Crippen LogP contribution < -0.4 is 25.9 Å². The quantitative estimate of drug-likeness (QED) is 0.171. The smallest absolute Gasteiger partial charge is 0.260 e. The van der Waals surface area contributed by atoms with Gasteiger partial charge in [0, 0.05) is 43.3 Å². The van der Waals surface area contributed by atoms with Crippen molar-refractivity contribution in [3.05, 3.63) is 158 Å². The molecule has 0 fully saturated rings. The van der Waals surface area contributed by atoms with E-state index in [0.717, 1.165) is 83.6 Å². The van der Waals surface area contributed by atoms with E-state index in [2.05, 4.69) is 150 Å². The molecule has 8 aromatic carbocycles. The molecule has 11 aromatic rings. The Morgan fingerprint density at radius 3 is 1.87 bits per heavy atom. The van der Waals surface area contributed by atoms with Gasteiger partial charge in [-0.25, -0.2) is 0 Å². The molecule has 2 aliphatic rings. The SMILES string of the molecule is c1cc(-c2cc3c4c(c2)Oc2ccccc2B4c2ccccc2O3)cc(-c2cccc3c2oc2cc4c5cccc6c7ccccc7n(c4cc23)c65)c1. The largest absolute Gasteiger partial charge is 0.458 e. The minimum atomic E-state index is 0.0538. The molecule has 0 amide bonds. The highest BCUT2D eigenvalue weighted by Crippen LogP contribution is 2.44.